The van der Waals surface area contributed by atoms with E-state index in [1.807, 2.05) is 0 Å². The van der Waals surface area contributed by atoms with Gasteiger partial charge in [-0.15, -0.1) is 0 Å². The van der Waals surface area contributed by atoms with Crippen molar-refractivity contribution in [2.75, 3.05) is 13.1 Å². The number of nitrogens with one attached hydrogen (secondary N) is 1. The number of likely N-dealkylation sites (tertiary alicyclic amines) is 1. The number of carbonyl (C=O) groups excluding carboxylic acids is 1. The number of hydrogen-bond donors (Lipinski definition) is 2. The Bertz CT molecular complexity index is 815. The number of rotatable bonds is 5. The summed E-state index contributed by atoms with van der Waals surface area (Å²) in [6.45, 7) is 2.23. The first-order valence-electron chi connectivity index (χ1n) is 8.93. The van der Waals surface area contributed by atoms with Crippen LogP contribution in [0, 0.1) is 12.8 Å². The first-order valence-corrected chi connectivity index (χ1v) is 10.4. The normalized spacial score (nSPS) is 21.3. The van der Waals surface area contributed by atoms with Crippen molar-refractivity contribution in [1.29, 1.82) is 0 Å². The van der Waals surface area contributed by atoms with E-state index in [0.717, 1.165) is 25.7 Å². The molecular weight excluding hydrogens is 356 g/mol. The van der Waals surface area contributed by atoms with E-state index >= 15 is 0 Å². The maximum Gasteiger partial charge on any atom is 0.308 e. The molecule has 0 spiro atoms. The van der Waals surface area contributed by atoms with Gasteiger partial charge in [-0.05, 0) is 43.9 Å². The van der Waals surface area contributed by atoms with Gasteiger partial charge in [0.1, 0.15) is 0 Å². The first-order chi connectivity index (χ1) is 12.3. The maximum absolute atomic E-state index is 12.7. The Labute approximate surface area is 153 Å². The minimum atomic E-state index is -3.69. The summed E-state index contributed by atoms with van der Waals surface area (Å²) in [4.78, 5) is 25.3. The summed E-state index contributed by atoms with van der Waals surface area (Å²) in [6.07, 6.45) is 4.12. The Morgan fingerprint density at radius 2 is 1.88 bits per heavy atom. The van der Waals surface area contributed by atoms with Crippen LogP contribution in [0.1, 0.15) is 48.0 Å². The number of aryl methyl sites for hydroxylation is 1. The lowest BCUT2D eigenvalue weighted by Gasteiger charge is -2.18. The molecule has 26 heavy (non-hydrogen) atoms. The zero-order chi connectivity index (χ0) is 18.9. The van der Waals surface area contributed by atoms with Crippen molar-refractivity contribution in [2.45, 2.75) is 50.0 Å². The molecule has 1 aromatic carbocycles. The van der Waals surface area contributed by atoms with Gasteiger partial charge in [0.15, 0.2) is 0 Å². The zero-order valence-electron chi connectivity index (χ0n) is 14.8. The predicted molar refractivity (Wildman–Crippen MR) is 95.4 cm³/mol. The standard InChI is InChI=1S/C18H24N2O5S/c1-12-6-7-13(17(21)20-9-8-14(11-20)18(22)23)10-16(12)26(24,25)19-15-4-2-3-5-15/h6-7,10,14-15,19H,2-5,8-9,11H2,1H3,(H,22,23). The maximum atomic E-state index is 12.7. The van der Waals surface area contributed by atoms with Crippen LogP contribution in [-0.2, 0) is 14.8 Å². The summed E-state index contributed by atoms with van der Waals surface area (Å²) >= 11 is 0. The van der Waals surface area contributed by atoms with Crippen LogP contribution in [0.5, 0.6) is 0 Å². The molecule has 1 saturated carbocycles. The number of nitrogens with zero attached hydrogens (tertiary/aromatic N) is 1. The molecule has 2 fully saturated rings. The van der Waals surface area contributed by atoms with Crippen molar-refractivity contribution in [2.24, 2.45) is 5.92 Å². The lowest BCUT2D eigenvalue weighted by molar-refractivity contribution is -0.141. The van der Waals surface area contributed by atoms with Crippen molar-refractivity contribution in [3.05, 3.63) is 29.3 Å². The molecule has 3 rings (SSSR count). The molecule has 1 unspecified atom stereocenters. The average molecular weight is 380 g/mol. The molecule has 1 amide bonds. The molecule has 0 aromatic heterocycles. The second-order valence-corrected chi connectivity index (χ2v) is 8.84. The Hall–Kier alpha value is -1.93. The van der Waals surface area contributed by atoms with Crippen LogP contribution in [0.3, 0.4) is 0 Å². The summed E-state index contributed by atoms with van der Waals surface area (Å²) < 4.78 is 28.2. The largest absolute Gasteiger partial charge is 0.481 e. The summed E-state index contributed by atoms with van der Waals surface area (Å²) in [5, 5.41) is 9.08. The van der Waals surface area contributed by atoms with Crippen LogP contribution in [-0.4, -0.2) is 49.4 Å². The van der Waals surface area contributed by atoms with E-state index in [1.54, 1.807) is 19.1 Å². The molecular formula is C18H24N2O5S. The van der Waals surface area contributed by atoms with Crippen molar-refractivity contribution < 1.29 is 23.1 Å². The molecule has 0 bridgehead atoms. The van der Waals surface area contributed by atoms with Gasteiger partial charge in [-0.2, -0.15) is 0 Å². The smallest absolute Gasteiger partial charge is 0.308 e. The van der Waals surface area contributed by atoms with Gasteiger partial charge in [0.2, 0.25) is 10.0 Å². The highest BCUT2D eigenvalue weighted by Crippen LogP contribution is 2.24. The molecule has 1 aliphatic carbocycles. The minimum absolute atomic E-state index is 0.0475. The Kier molecular flexibility index (Phi) is 5.34. The number of sulfonamides is 1. The van der Waals surface area contributed by atoms with Crippen LogP contribution >= 0.6 is 0 Å². The highest BCUT2D eigenvalue weighted by molar-refractivity contribution is 7.89. The van der Waals surface area contributed by atoms with Crippen molar-refractivity contribution in [3.63, 3.8) is 0 Å². The van der Waals surface area contributed by atoms with E-state index in [2.05, 4.69) is 4.72 Å². The third-order valence-corrected chi connectivity index (χ3v) is 6.89. The average Bonchev–Trinajstić information content (AvgIpc) is 3.25. The fraction of sp³-hybridized carbons (Fsp3) is 0.556. The van der Waals surface area contributed by atoms with E-state index < -0.39 is 21.9 Å². The minimum Gasteiger partial charge on any atom is -0.481 e. The molecule has 1 heterocycles. The number of carboxylic acids is 1. The van der Waals surface area contributed by atoms with E-state index in [-0.39, 0.29) is 29.0 Å². The number of aliphatic carboxylic acids is 1. The van der Waals surface area contributed by atoms with Gasteiger partial charge >= 0.3 is 5.97 Å². The van der Waals surface area contributed by atoms with Gasteiger partial charge in [-0.3, -0.25) is 9.59 Å². The number of amides is 1. The topological polar surface area (TPSA) is 104 Å². The molecule has 1 atom stereocenters. The van der Waals surface area contributed by atoms with Crippen LogP contribution in [0.4, 0.5) is 0 Å². The van der Waals surface area contributed by atoms with Gasteiger partial charge in [-0.1, -0.05) is 18.9 Å². The van der Waals surface area contributed by atoms with Crippen molar-refractivity contribution in [3.8, 4) is 0 Å². The Morgan fingerprint density at radius 1 is 1.19 bits per heavy atom. The Balaban J connectivity index is 1.81. The van der Waals surface area contributed by atoms with Crippen molar-refractivity contribution >= 4 is 21.9 Å². The number of carboxylic acid groups (broad SMARTS) is 1. The summed E-state index contributed by atoms with van der Waals surface area (Å²) in [7, 11) is -3.69. The molecule has 2 N–H and O–H groups in total. The number of hydrogen-bond acceptors (Lipinski definition) is 4. The molecule has 142 valence electrons. The summed E-state index contributed by atoms with van der Waals surface area (Å²) in [6, 6.07) is 4.58. The monoisotopic (exact) mass is 380 g/mol. The quantitative estimate of drug-likeness (QED) is 0.810. The van der Waals surface area contributed by atoms with E-state index in [4.69, 9.17) is 5.11 Å². The molecule has 0 radical (unpaired) electrons. The van der Waals surface area contributed by atoms with E-state index in [1.165, 1.54) is 11.0 Å². The molecule has 2 aliphatic rings. The van der Waals surface area contributed by atoms with Gasteiger partial charge < -0.3 is 10.0 Å². The van der Waals surface area contributed by atoms with Crippen LogP contribution < -0.4 is 4.72 Å². The number of benzene rings is 1. The fourth-order valence-corrected chi connectivity index (χ4v) is 5.25. The third kappa shape index (κ3) is 3.91. The highest BCUT2D eigenvalue weighted by atomic mass is 32.2. The lowest BCUT2D eigenvalue weighted by Crippen LogP contribution is -2.33. The fourth-order valence-electron chi connectivity index (χ4n) is 3.68. The second-order valence-electron chi connectivity index (χ2n) is 7.16. The molecule has 7 nitrogen and oxygen atoms in total. The molecule has 8 heteroatoms. The lowest BCUT2D eigenvalue weighted by atomic mass is 10.1. The van der Waals surface area contributed by atoms with Gasteiger partial charge in [0, 0.05) is 24.7 Å². The molecule has 1 aromatic rings. The Morgan fingerprint density at radius 3 is 2.50 bits per heavy atom. The third-order valence-electron chi connectivity index (χ3n) is 5.23. The summed E-state index contributed by atoms with van der Waals surface area (Å²) in [5.41, 5.74) is 0.852. The molecule has 1 aliphatic heterocycles. The van der Waals surface area contributed by atoms with Gasteiger partial charge in [-0.25, -0.2) is 13.1 Å². The van der Waals surface area contributed by atoms with Gasteiger partial charge in [0.05, 0.1) is 10.8 Å². The predicted octanol–water partition coefficient (Wildman–Crippen LogP) is 1.76. The van der Waals surface area contributed by atoms with Crippen LogP contribution in [0.15, 0.2) is 23.1 Å². The first kappa shape index (κ1) is 18.8. The second kappa shape index (κ2) is 7.36. The van der Waals surface area contributed by atoms with Crippen LogP contribution in [0.2, 0.25) is 0 Å². The summed E-state index contributed by atoms with van der Waals surface area (Å²) in [5.74, 6) is -1.80. The highest BCUT2D eigenvalue weighted by Gasteiger charge is 2.32. The zero-order valence-corrected chi connectivity index (χ0v) is 15.6. The SMILES string of the molecule is Cc1ccc(C(=O)N2CCC(C(=O)O)C2)cc1S(=O)(=O)NC1CCCC1. The molecule has 1 saturated heterocycles. The van der Waals surface area contributed by atoms with Gasteiger partial charge in [0.25, 0.3) is 5.91 Å². The van der Waals surface area contributed by atoms with Crippen LogP contribution in [0.25, 0.3) is 0 Å². The van der Waals surface area contributed by atoms with E-state index in [9.17, 15) is 18.0 Å². The van der Waals surface area contributed by atoms with Crippen molar-refractivity contribution in [1.82, 2.24) is 9.62 Å². The van der Waals surface area contributed by atoms with E-state index in [0.29, 0.717) is 18.5 Å². The number of carbonyl (C=O) groups is 2.